The maximum Gasteiger partial charge on any atom is 0.255 e. The van der Waals surface area contributed by atoms with Gasteiger partial charge >= 0.3 is 0 Å². The van der Waals surface area contributed by atoms with Gasteiger partial charge in [0.15, 0.2) is 9.84 Å². The predicted octanol–water partition coefficient (Wildman–Crippen LogP) is 0.543. The van der Waals surface area contributed by atoms with Crippen LogP contribution in [0.4, 0.5) is 0 Å². The van der Waals surface area contributed by atoms with Crippen LogP contribution in [0.15, 0.2) is 22.1 Å². The molecule has 0 aromatic carbocycles. The van der Waals surface area contributed by atoms with Crippen LogP contribution in [-0.4, -0.2) is 43.2 Å². The van der Waals surface area contributed by atoms with Crippen molar-refractivity contribution in [2.45, 2.75) is 17.7 Å². The summed E-state index contributed by atoms with van der Waals surface area (Å²) in [5.74, 6) is 1.42. The Hall–Kier alpha value is -0.530. The van der Waals surface area contributed by atoms with Crippen LogP contribution in [0.3, 0.4) is 0 Å². The molecule has 90 valence electrons. The zero-order valence-corrected chi connectivity index (χ0v) is 10.4. The minimum absolute atomic E-state index is 0.121. The van der Waals surface area contributed by atoms with Gasteiger partial charge in [0.25, 0.3) is 5.22 Å². The Morgan fingerprint density at radius 3 is 3.12 bits per heavy atom. The smallest absolute Gasteiger partial charge is 0.255 e. The predicted molar refractivity (Wildman–Crippen MR) is 62.3 cm³/mol. The van der Waals surface area contributed by atoms with Gasteiger partial charge < -0.3 is 9.73 Å². The molecule has 0 bridgehead atoms. The topological polar surface area (TPSA) is 72.2 Å². The zero-order valence-electron chi connectivity index (χ0n) is 8.76. The molecule has 16 heavy (non-hydrogen) atoms. The Bertz CT molecular complexity index is 416. The normalized spacial score (nSPS) is 23.6. The third-order valence-electron chi connectivity index (χ3n) is 2.40. The molecule has 1 aliphatic heterocycles. The maximum atomic E-state index is 11.2. The molecule has 1 aromatic heterocycles. The van der Waals surface area contributed by atoms with E-state index < -0.39 is 9.84 Å². The summed E-state index contributed by atoms with van der Waals surface area (Å²) in [5.41, 5.74) is 0. The minimum atomic E-state index is -2.78. The Balaban J connectivity index is 1.62. The first-order chi connectivity index (χ1) is 7.66. The van der Waals surface area contributed by atoms with Crippen LogP contribution in [0.25, 0.3) is 0 Å². The van der Waals surface area contributed by atoms with Crippen molar-refractivity contribution in [3.05, 3.63) is 12.5 Å². The highest BCUT2D eigenvalue weighted by Gasteiger charge is 2.26. The fourth-order valence-corrected chi connectivity index (χ4v) is 4.00. The summed E-state index contributed by atoms with van der Waals surface area (Å²) in [5, 5.41) is 3.88. The lowest BCUT2D eigenvalue weighted by molar-refractivity contribution is 0.454. The van der Waals surface area contributed by atoms with Crippen molar-refractivity contribution in [2.75, 3.05) is 23.8 Å². The molecule has 0 spiro atoms. The third kappa shape index (κ3) is 3.50. The van der Waals surface area contributed by atoms with E-state index in [-0.39, 0.29) is 11.8 Å². The quantitative estimate of drug-likeness (QED) is 0.617. The van der Waals surface area contributed by atoms with Crippen LogP contribution in [0.2, 0.25) is 0 Å². The number of sulfone groups is 1. The lowest BCUT2D eigenvalue weighted by atomic mass is 10.3. The number of thioether (sulfide) groups is 1. The standard InChI is InChI=1S/C9H14N2O3S2/c12-16(13)6-1-8(7-16)10-3-5-15-9-11-2-4-14-9/h2,4,8,10H,1,3,5-7H2. The number of hydrogen-bond donors (Lipinski definition) is 1. The first-order valence-electron chi connectivity index (χ1n) is 5.12. The van der Waals surface area contributed by atoms with E-state index in [9.17, 15) is 8.42 Å². The number of nitrogens with zero attached hydrogens (tertiary/aromatic N) is 1. The summed E-state index contributed by atoms with van der Waals surface area (Å²) in [6.45, 7) is 0.771. The summed E-state index contributed by atoms with van der Waals surface area (Å²) >= 11 is 1.52. The van der Waals surface area contributed by atoms with E-state index in [1.165, 1.54) is 11.8 Å². The molecule has 2 heterocycles. The first-order valence-corrected chi connectivity index (χ1v) is 7.92. The molecule has 0 amide bonds. The zero-order chi connectivity index (χ0) is 11.4. The average molecular weight is 262 g/mol. The van der Waals surface area contributed by atoms with Crippen molar-refractivity contribution < 1.29 is 12.8 Å². The van der Waals surface area contributed by atoms with Crippen molar-refractivity contribution in [1.82, 2.24) is 10.3 Å². The van der Waals surface area contributed by atoms with Gasteiger partial charge in [0.2, 0.25) is 0 Å². The van der Waals surface area contributed by atoms with E-state index in [1.807, 2.05) is 0 Å². The molecule has 0 saturated carbocycles. The summed E-state index contributed by atoms with van der Waals surface area (Å²) in [7, 11) is -2.78. The van der Waals surface area contributed by atoms with E-state index in [1.54, 1.807) is 12.5 Å². The summed E-state index contributed by atoms with van der Waals surface area (Å²) in [6, 6.07) is 0.121. The second kappa shape index (κ2) is 5.20. The highest BCUT2D eigenvalue weighted by molar-refractivity contribution is 7.99. The van der Waals surface area contributed by atoms with Gasteiger partial charge in [-0.1, -0.05) is 11.8 Å². The van der Waals surface area contributed by atoms with E-state index in [0.717, 1.165) is 18.7 Å². The van der Waals surface area contributed by atoms with Crippen LogP contribution in [-0.2, 0) is 9.84 Å². The van der Waals surface area contributed by atoms with E-state index >= 15 is 0 Å². The molecule has 1 fully saturated rings. The second-order valence-electron chi connectivity index (χ2n) is 3.70. The largest absolute Gasteiger partial charge is 0.440 e. The molecule has 1 aliphatic rings. The lowest BCUT2D eigenvalue weighted by Crippen LogP contribution is -2.31. The van der Waals surface area contributed by atoms with Gasteiger partial charge in [0.1, 0.15) is 6.26 Å². The molecule has 0 radical (unpaired) electrons. The van der Waals surface area contributed by atoms with Gasteiger partial charge in [0.05, 0.1) is 17.7 Å². The summed E-state index contributed by atoms with van der Waals surface area (Å²) in [4.78, 5) is 3.98. The van der Waals surface area contributed by atoms with Crippen LogP contribution in [0, 0.1) is 0 Å². The molecule has 1 atom stereocenters. The molecule has 1 N–H and O–H groups in total. The van der Waals surface area contributed by atoms with Gasteiger partial charge in [-0.15, -0.1) is 0 Å². The molecular weight excluding hydrogens is 248 g/mol. The van der Waals surface area contributed by atoms with Crippen molar-refractivity contribution in [1.29, 1.82) is 0 Å². The van der Waals surface area contributed by atoms with Crippen LogP contribution >= 0.6 is 11.8 Å². The fraction of sp³-hybridized carbons (Fsp3) is 0.667. The van der Waals surface area contributed by atoms with Crippen LogP contribution < -0.4 is 5.32 Å². The van der Waals surface area contributed by atoms with Crippen molar-refractivity contribution in [3.63, 3.8) is 0 Å². The molecule has 0 aliphatic carbocycles. The summed E-state index contributed by atoms with van der Waals surface area (Å²) < 4.78 is 27.4. The molecule has 1 saturated heterocycles. The van der Waals surface area contributed by atoms with E-state index in [2.05, 4.69) is 10.3 Å². The average Bonchev–Trinajstić information content (AvgIpc) is 2.82. The van der Waals surface area contributed by atoms with Crippen LogP contribution in [0.1, 0.15) is 6.42 Å². The molecule has 1 unspecified atom stereocenters. The SMILES string of the molecule is O=S1(=O)CCC(NCCSc2ncco2)C1. The number of oxazole rings is 1. The highest BCUT2D eigenvalue weighted by atomic mass is 32.2. The van der Waals surface area contributed by atoms with Gasteiger partial charge in [-0.3, -0.25) is 0 Å². The van der Waals surface area contributed by atoms with Gasteiger partial charge in [-0.25, -0.2) is 13.4 Å². The lowest BCUT2D eigenvalue weighted by Gasteiger charge is -2.08. The highest BCUT2D eigenvalue weighted by Crippen LogP contribution is 2.14. The monoisotopic (exact) mass is 262 g/mol. The van der Waals surface area contributed by atoms with Gasteiger partial charge in [0, 0.05) is 18.3 Å². The Labute approximate surface area is 98.9 Å². The number of rotatable bonds is 5. The molecule has 5 nitrogen and oxygen atoms in total. The van der Waals surface area contributed by atoms with Crippen molar-refractivity contribution in [2.24, 2.45) is 0 Å². The third-order valence-corrected chi connectivity index (χ3v) is 5.03. The fourth-order valence-electron chi connectivity index (χ4n) is 1.64. The number of hydrogen-bond acceptors (Lipinski definition) is 6. The first kappa shape index (κ1) is 11.9. The van der Waals surface area contributed by atoms with Crippen LogP contribution in [0.5, 0.6) is 0 Å². The minimum Gasteiger partial charge on any atom is -0.440 e. The van der Waals surface area contributed by atoms with Crippen molar-refractivity contribution >= 4 is 21.6 Å². The summed E-state index contributed by atoms with van der Waals surface area (Å²) in [6.07, 6.45) is 3.88. The molecule has 2 rings (SSSR count). The van der Waals surface area contributed by atoms with E-state index in [0.29, 0.717) is 11.0 Å². The number of nitrogens with one attached hydrogen (secondary N) is 1. The number of aromatic nitrogens is 1. The van der Waals surface area contributed by atoms with E-state index in [4.69, 9.17) is 4.42 Å². The Kier molecular flexibility index (Phi) is 3.88. The maximum absolute atomic E-state index is 11.2. The Morgan fingerprint density at radius 1 is 1.62 bits per heavy atom. The second-order valence-corrected chi connectivity index (χ2v) is 6.98. The van der Waals surface area contributed by atoms with Gasteiger partial charge in [-0.05, 0) is 6.42 Å². The molecule has 1 aromatic rings. The molecule has 7 heteroatoms. The Morgan fingerprint density at radius 2 is 2.50 bits per heavy atom. The van der Waals surface area contributed by atoms with Crippen molar-refractivity contribution in [3.8, 4) is 0 Å². The van der Waals surface area contributed by atoms with Gasteiger partial charge in [-0.2, -0.15) is 0 Å². The molecular formula is C9H14N2O3S2.